The van der Waals surface area contributed by atoms with E-state index in [4.69, 9.17) is 19.4 Å². The molecule has 2 aromatic heterocycles. The van der Waals surface area contributed by atoms with Crippen LogP contribution in [-0.4, -0.2) is 81.0 Å². The molecule has 0 unspecified atom stereocenters. The van der Waals surface area contributed by atoms with Crippen LogP contribution < -0.4 is 20.9 Å². The van der Waals surface area contributed by atoms with E-state index in [0.717, 1.165) is 12.8 Å². The number of benzene rings is 1. The second kappa shape index (κ2) is 13.1. The standard InChI is InChI=1S/C31H42F2N8O4/c1-30(2,3)45-29(43)39-31(4,5)27(42)34-19-10-12-20(13-11-19)35-28-37-23(40-14-16-44-17-15-40)18-24(38-28)41-22-9-7-6-8-21(22)36-26(41)25(32)33/h6-9,18-20,25H,10-17H2,1-5H3,(H,34,42)(H,39,43)(H,35,37,38). The smallest absolute Gasteiger partial charge is 0.408 e. The van der Waals surface area contributed by atoms with Crippen LogP contribution in [-0.2, 0) is 14.3 Å². The minimum absolute atomic E-state index is 0.00735. The van der Waals surface area contributed by atoms with E-state index in [2.05, 4.69) is 25.8 Å². The van der Waals surface area contributed by atoms with Crippen LogP contribution in [0, 0.1) is 0 Å². The lowest BCUT2D eigenvalue weighted by molar-refractivity contribution is -0.127. The number of alkyl halides is 2. The largest absolute Gasteiger partial charge is 0.444 e. The topological polar surface area (TPSA) is 136 Å². The first-order valence-corrected chi connectivity index (χ1v) is 15.4. The van der Waals surface area contributed by atoms with Gasteiger partial charge in [-0.25, -0.2) is 18.6 Å². The number of carbonyl (C=O) groups is 2. The van der Waals surface area contributed by atoms with Gasteiger partial charge in [0.05, 0.1) is 24.2 Å². The maximum Gasteiger partial charge on any atom is 0.408 e. The van der Waals surface area contributed by atoms with Gasteiger partial charge in [-0.05, 0) is 72.4 Å². The van der Waals surface area contributed by atoms with E-state index < -0.39 is 23.7 Å². The number of nitrogens with one attached hydrogen (secondary N) is 3. The van der Waals surface area contributed by atoms with Crippen LogP contribution in [0.3, 0.4) is 0 Å². The van der Waals surface area contributed by atoms with Gasteiger partial charge in [-0.2, -0.15) is 9.97 Å². The number of anilines is 2. The van der Waals surface area contributed by atoms with Gasteiger partial charge in [-0.3, -0.25) is 9.36 Å². The van der Waals surface area contributed by atoms with Crippen LogP contribution in [0.1, 0.15) is 72.6 Å². The Morgan fingerprint density at radius 2 is 1.60 bits per heavy atom. The quantitative estimate of drug-likeness (QED) is 0.324. The van der Waals surface area contributed by atoms with Crippen LogP contribution in [0.25, 0.3) is 16.9 Å². The van der Waals surface area contributed by atoms with Crippen LogP contribution in [0.5, 0.6) is 0 Å². The van der Waals surface area contributed by atoms with E-state index in [1.807, 2.05) is 0 Å². The zero-order valence-electron chi connectivity index (χ0n) is 26.4. The number of carbonyl (C=O) groups excluding carboxylic acids is 2. The molecule has 3 heterocycles. The highest BCUT2D eigenvalue weighted by Crippen LogP contribution is 2.30. The number of rotatable bonds is 8. The number of fused-ring (bicyclic) bond motifs is 1. The van der Waals surface area contributed by atoms with Gasteiger partial charge in [-0.1, -0.05) is 12.1 Å². The Balaban J connectivity index is 1.30. The van der Waals surface area contributed by atoms with Crippen molar-refractivity contribution in [2.75, 3.05) is 36.5 Å². The number of nitrogens with zero attached hydrogens (tertiary/aromatic N) is 5. The number of halogens is 2. The fourth-order valence-electron chi connectivity index (χ4n) is 5.53. The number of amides is 2. The van der Waals surface area contributed by atoms with Crippen molar-refractivity contribution in [3.05, 3.63) is 36.2 Å². The molecular formula is C31H42F2N8O4. The molecule has 45 heavy (non-hydrogen) atoms. The van der Waals surface area contributed by atoms with Crippen molar-refractivity contribution in [3.8, 4) is 5.82 Å². The number of hydrogen-bond donors (Lipinski definition) is 3. The molecule has 0 radical (unpaired) electrons. The van der Waals surface area contributed by atoms with Crippen molar-refractivity contribution in [1.29, 1.82) is 0 Å². The summed E-state index contributed by atoms with van der Waals surface area (Å²) in [6.07, 6.45) is -0.611. The van der Waals surface area contributed by atoms with E-state index >= 15 is 0 Å². The lowest BCUT2D eigenvalue weighted by atomic mass is 9.90. The maximum absolute atomic E-state index is 14.2. The van der Waals surface area contributed by atoms with Crippen LogP contribution in [0.15, 0.2) is 30.3 Å². The van der Waals surface area contributed by atoms with Crippen LogP contribution >= 0.6 is 0 Å². The minimum Gasteiger partial charge on any atom is -0.444 e. The summed E-state index contributed by atoms with van der Waals surface area (Å²) in [5.41, 5.74) is -0.841. The Hall–Kier alpha value is -4.07. The molecule has 0 bridgehead atoms. The lowest BCUT2D eigenvalue weighted by Crippen LogP contribution is -2.57. The molecule has 1 aliphatic heterocycles. The molecule has 2 aliphatic rings. The number of morpholine rings is 1. The first-order valence-electron chi connectivity index (χ1n) is 15.4. The SMILES string of the molecule is CC(C)(C)OC(=O)NC(C)(C)C(=O)NC1CCC(Nc2nc(N3CCOCC3)cc(-n3c(C(F)F)nc4ccccc43)n2)CC1. The highest BCUT2D eigenvalue weighted by Gasteiger charge is 2.34. The summed E-state index contributed by atoms with van der Waals surface area (Å²) in [5.74, 6) is 0.581. The highest BCUT2D eigenvalue weighted by atomic mass is 19.3. The van der Waals surface area contributed by atoms with Gasteiger partial charge >= 0.3 is 6.09 Å². The summed E-state index contributed by atoms with van der Waals surface area (Å²) in [6, 6.07) is 8.65. The van der Waals surface area contributed by atoms with Gasteiger partial charge in [0, 0.05) is 31.2 Å². The maximum atomic E-state index is 14.2. The van der Waals surface area contributed by atoms with Gasteiger partial charge in [-0.15, -0.1) is 0 Å². The Kier molecular flexibility index (Phi) is 9.42. The second-order valence-corrected chi connectivity index (χ2v) is 13.0. The van der Waals surface area contributed by atoms with Crippen molar-refractivity contribution in [3.63, 3.8) is 0 Å². The summed E-state index contributed by atoms with van der Waals surface area (Å²) >= 11 is 0. The zero-order valence-corrected chi connectivity index (χ0v) is 26.4. The second-order valence-electron chi connectivity index (χ2n) is 13.0. The van der Waals surface area contributed by atoms with Gasteiger partial charge in [0.15, 0.2) is 5.82 Å². The number of para-hydroxylation sites is 2. The summed E-state index contributed by atoms with van der Waals surface area (Å²) in [7, 11) is 0. The highest BCUT2D eigenvalue weighted by molar-refractivity contribution is 5.89. The number of imidazole rings is 1. The van der Waals surface area contributed by atoms with Crippen molar-refractivity contribution in [2.24, 2.45) is 0 Å². The molecule has 12 nitrogen and oxygen atoms in total. The van der Waals surface area contributed by atoms with Crippen LogP contribution in [0.4, 0.5) is 25.3 Å². The summed E-state index contributed by atoms with van der Waals surface area (Å²) in [5, 5.41) is 9.13. The van der Waals surface area contributed by atoms with Gasteiger partial charge in [0.2, 0.25) is 11.9 Å². The van der Waals surface area contributed by atoms with E-state index in [0.29, 0.717) is 67.8 Å². The Morgan fingerprint density at radius 3 is 2.27 bits per heavy atom. The zero-order chi connectivity index (χ0) is 32.4. The third kappa shape index (κ3) is 7.96. The Morgan fingerprint density at radius 1 is 0.956 bits per heavy atom. The molecular weight excluding hydrogens is 586 g/mol. The number of hydrogen-bond acceptors (Lipinski definition) is 9. The first kappa shape index (κ1) is 32.3. The predicted molar refractivity (Wildman–Crippen MR) is 166 cm³/mol. The molecule has 2 amide bonds. The molecule has 0 atom stereocenters. The molecule has 14 heteroatoms. The molecule has 2 fully saturated rings. The lowest BCUT2D eigenvalue weighted by Gasteiger charge is -2.33. The van der Waals surface area contributed by atoms with Crippen molar-refractivity contribution in [2.45, 2.75) is 90.0 Å². The average molecular weight is 629 g/mol. The molecule has 3 N–H and O–H groups in total. The van der Waals surface area contributed by atoms with Crippen LogP contribution in [0.2, 0.25) is 0 Å². The molecule has 0 spiro atoms. The van der Waals surface area contributed by atoms with E-state index in [1.165, 1.54) is 4.57 Å². The molecule has 1 aromatic carbocycles. The number of aromatic nitrogens is 4. The van der Waals surface area contributed by atoms with Crippen molar-refractivity contribution in [1.82, 2.24) is 30.2 Å². The normalized spacial score (nSPS) is 19.4. The predicted octanol–water partition coefficient (Wildman–Crippen LogP) is 4.73. The van der Waals surface area contributed by atoms with E-state index in [-0.39, 0.29) is 23.8 Å². The number of ether oxygens (including phenoxy) is 2. The fraction of sp³-hybridized carbons (Fsp3) is 0.581. The molecule has 1 saturated carbocycles. The molecule has 3 aromatic rings. The minimum atomic E-state index is -2.80. The Labute approximate surface area is 261 Å². The van der Waals surface area contributed by atoms with Crippen molar-refractivity contribution >= 4 is 34.8 Å². The third-order valence-electron chi connectivity index (χ3n) is 7.82. The summed E-state index contributed by atoms with van der Waals surface area (Å²) < 4.78 is 40.6. The third-order valence-corrected chi connectivity index (χ3v) is 7.82. The Bertz CT molecular complexity index is 1510. The van der Waals surface area contributed by atoms with Crippen molar-refractivity contribution < 1.29 is 27.8 Å². The van der Waals surface area contributed by atoms with E-state index in [9.17, 15) is 18.4 Å². The summed E-state index contributed by atoms with van der Waals surface area (Å²) in [6.45, 7) is 10.9. The number of alkyl carbamates (subject to hydrolysis) is 1. The molecule has 1 aliphatic carbocycles. The monoisotopic (exact) mass is 628 g/mol. The van der Waals surface area contributed by atoms with E-state index in [1.54, 1.807) is 65.0 Å². The molecule has 5 rings (SSSR count). The average Bonchev–Trinajstić information content (AvgIpc) is 3.37. The molecule has 244 valence electrons. The van der Waals surface area contributed by atoms with Gasteiger partial charge < -0.3 is 30.3 Å². The first-order chi connectivity index (χ1) is 21.3. The summed E-state index contributed by atoms with van der Waals surface area (Å²) in [4.78, 5) is 41.0. The van der Waals surface area contributed by atoms with Gasteiger partial charge in [0.1, 0.15) is 22.8 Å². The molecule has 1 saturated heterocycles. The fourth-order valence-corrected chi connectivity index (χ4v) is 5.53. The van der Waals surface area contributed by atoms with Gasteiger partial charge in [0.25, 0.3) is 6.43 Å².